The number of rotatable bonds is 5. The smallest absolute Gasteiger partial charge is 0.137 e. The van der Waals surface area contributed by atoms with E-state index in [0.717, 1.165) is 35.7 Å². The van der Waals surface area contributed by atoms with E-state index in [9.17, 15) is 0 Å². The minimum Gasteiger partial charge on any atom is -0.492 e. The highest BCUT2D eigenvalue weighted by Crippen LogP contribution is 2.35. The lowest BCUT2D eigenvalue weighted by Gasteiger charge is -2.41. The fraction of sp³-hybridized carbons (Fsp3) is 0.292. The highest BCUT2D eigenvalue weighted by atomic mass is 35.5. The van der Waals surface area contributed by atoms with E-state index in [1.165, 1.54) is 16.5 Å². The molecule has 4 rings (SSSR count). The number of hydrogen-bond acceptors (Lipinski definition) is 3. The largest absolute Gasteiger partial charge is 0.492 e. The SMILES string of the molecule is CCOc1ccc(/C(C)=C(/C)C2CN(c3ccc4ccccc4n3)C2)cc1Cl. The number of allylic oxidation sites excluding steroid dienone is 1. The van der Waals surface area contributed by atoms with Gasteiger partial charge in [0.1, 0.15) is 11.6 Å². The second-order valence-corrected chi connectivity index (χ2v) is 7.76. The first-order valence-corrected chi connectivity index (χ1v) is 10.2. The molecule has 0 radical (unpaired) electrons. The zero-order chi connectivity index (χ0) is 19.7. The van der Waals surface area contributed by atoms with Crippen molar-refractivity contribution >= 4 is 33.9 Å². The van der Waals surface area contributed by atoms with Crippen LogP contribution in [0.4, 0.5) is 5.82 Å². The van der Waals surface area contributed by atoms with E-state index in [-0.39, 0.29) is 0 Å². The quantitative estimate of drug-likeness (QED) is 0.515. The number of halogens is 1. The van der Waals surface area contributed by atoms with E-state index in [4.69, 9.17) is 21.3 Å². The highest BCUT2D eigenvalue weighted by molar-refractivity contribution is 6.32. The molecule has 3 nitrogen and oxygen atoms in total. The summed E-state index contributed by atoms with van der Waals surface area (Å²) in [7, 11) is 0. The molecule has 3 aromatic rings. The monoisotopic (exact) mass is 392 g/mol. The van der Waals surface area contributed by atoms with Crippen molar-refractivity contribution in [3.05, 3.63) is 70.8 Å². The van der Waals surface area contributed by atoms with Crippen LogP contribution in [0.15, 0.2) is 60.2 Å². The molecular weight excluding hydrogens is 368 g/mol. The van der Waals surface area contributed by atoms with Crippen molar-refractivity contribution in [2.75, 3.05) is 24.6 Å². The molecule has 0 aliphatic carbocycles. The summed E-state index contributed by atoms with van der Waals surface area (Å²) in [4.78, 5) is 7.16. The Kier molecular flexibility index (Phi) is 5.27. The van der Waals surface area contributed by atoms with Gasteiger partial charge in [0.25, 0.3) is 0 Å². The first kappa shape index (κ1) is 18.8. The van der Waals surface area contributed by atoms with Crippen molar-refractivity contribution in [2.24, 2.45) is 5.92 Å². The lowest BCUT2D eigenvalue weighted by Crippen LogP contribution is -2.47. The predicted octanol–water partition coefficient (Wildman–Crippen LogP) is 6.22. The minimum absolute atomic E-state index is 0.540. The summed E-state index contributed by atoms with van der Waals surface area (Å²) in [6, 6.07) is 18.6. The minimum atomic E-state index is 0.540. The molecule has 0 saturated carbocycles. The Morgan fingerprint density at radius 2 is 1.89 bits per heavy atom. The van der Waals surface area contributed by atoms with Crippen LogP contribution in [0.25, 0.3) is 16.5 Å². The maximum Gasteiger partial charge on any atom is 0.137 e. The van der Waals surface area contributed by atoms with Gasteiger partial charge in [-0.3, -0.25) is 0 Å². The van der Waals surface area contributed by atoms with Crippen LogP contribution in [0.1, 0.15) is 26.3 Å². The van der Waals surface area contributed by atoms with Crippen LogP contribution >= 0.6 is 11.6 Å². The van der Waals surface area contributed by atoms with E-state index in [1.54, 1.807) is 0 Å². The summed E-state index contributed by atoms with van der Waals surface area (Å²) in [5, 5.41) is 1.85. The summed E-state index contributed by atoms with van der Waals surface area (Å²) in [6.07, 6.45) is 0. The molecule has 0 N–H and O–H groups in total. The molecule has 2 heterocycles. The zero-order valence-corrected chi connectivity index (χ0v) is 17.3. The Hall–Kier alpha value is -2.52. The molecule has 1 saturated heterocycles. The second-order valence-electron chi connectivity index (χ2n) is 7.35. The number of hydrogen-bond donors (Lipinski definition) is 0. The van der Waals surface area contributed by atoms with E-state index in [0.29, 0.717) is 17.5 Å². The van der Waals surface area contributed by atoms with Gasteiger partial charge in [-0.15, -0.1) is 0 Å². The van der Waals surface area contributed by atoms with Crippen LogP contribution in [-0.2, 0) is 0 Å². The molecule has 0 atom stereocenters. The fourth-order valence-electron chi connectivity index (χ4n) is 3.71. The standard InChI is InChI=1S/C24H25ClN2O/c1-4-28-23-11-9-19(13-21(23)25)16(2)17(3)20-14-27(15-20)24-12-10-18-7-5-6-8-22(18)26-24/h5-13,20H,4,14-15H2,1-3H3/b17-16-. The van der Waals surface area contributed by atoms with Gasteiger partial charge in [-0.2, -0.15) is 0 Å². The number of ether oxygens (including phenoxy) is 1. The summed E-state index contributed by atoms with van der Waals surface area (Å²) in [6.45, 7) is 8.99. The van der Waals surface area contributed by atoms with Gasteiger partial charge in [0.2, 0.25) is 0 Å². The van der Waals surface area contributed by atoms with Crippen LogP contribution in [0.2, 0.25) is 5.02 Å². The third-order valence-corrected chi connectivity index (χ3v) is 5.95. The highest BCUT2D eigenvalue weighted by Gasteiger charge is 2.30. The molecule has 1 aromatic heterocycles. The van der Waals surface area contributed by atoms with Crippen LogP contribution in [-0.4, -0.2) is 24.7 Å². The Morgan fingerprint density at radius 1 is 1.11 bits per heavy atom. The molecule has 0 unspecified atom stereocenters. The van der Waals surface area contributed by atoms with E-state index in [1.807, 2.05) is 31.2 Å². The maximum atomic E-state index is 6.37. The fourth-order valence-corrected chi connectivity index (χ4v) is 3.95. The van der Waals surface area contributed by atoms with Gasteiger partial charge in [0, 0.05) is 24.4 Å². The maximum absolute atomic E-state index is 6.37. The van der Waals surface area contributed by atoms with Gasteiger partial charge in [-0.25, -0.2) is 4.98 Å². The Bertz CT molecular complexity index is 1040. The second kappa shape index (κ2) is 7.84. The molecule has 2 aromatic carbocycles. The molecule has 1 aliphatic rings. The topological polar surface area (TPSA) is 25.4 Å². The molecule has 0 bridgehead atoms. The van der Waals surface area contributed by atoms with Crippen LogP contribution in [0, 0.1) is 5.92 Å². The van der Waals surface area contributed by atoms with Crippen molar-refractivity contribution in [1.29, 1.82) is 0 Å². The van der Waals surface area contributed by atoms with E-state index >= 15 is 0 Å². The number of aromatic nitrogens is 1. The van der Waals surface area contributed by atoms with E-state index in [2.05, 4.69) is 49.1 Å². The lowest BCUT2D eigenvalue weighted by atomic mass is 9.87. The molecular formula is C24H25ClN2O. The third kappa shape index (κ3) is 3.59. The molecule has 4 heteroatoms. The lowest BCUT2D eigenvalue weighted by molar-refractivity contribution is 0.340. The number of pyridine rings is 1. The van der Waals surface area contributed by atoms with Gasteiger partial charge >= 0.3 is 0 Å². The van der Waals surface area contributed by atoms with Crippen molar-refractivity contribution in [2.45, 2.75) is 20.8 Å². The molecule has 0 amide bonds. The van der Waals surface area contributed by atoms with Crippen molar-refractivity contribution < 1.29 is 4.74 Å². The molecule has 0 spiro atoms. The van der Waals surface area contributed by atoms with Gasteiger partial charge in [-0.1, -0.05) is 41.4 Å². The van der Waals surface area contributed by atoms with E-state index < -0.39 is 0 Å². The Labute approximate surface area is 171 Å². The molecule has 1 fully saturated rings. The van der Waals surface area contributed by atoms with Crippen molar-refractivity contribution in [3.63, 3.8) is 0 Å². The predicted molar refractivity (Wildman–Crippen MR) is 118 cm³/mol. The van der Waals surface area contributed by atoms with Gasteiger partial charge in [0.05, 0.1) is 17.1 Å². The Balaban J connectivity index is 1.48. The number of benzene rings is 2. The van der Waals surface area contributed by atoms with Crippen LogP contribution in [0.5, 0.6) is 5.75 Å². The summed E-state index contributed by atoms with van der Waals surface area (Å²) < 4.78 is 5.54. The first-order valence-electron chi connectivity index (χ1n) is 9.77. The average Bonchev–Trinajstić information content (AvgIpc) is 2.67. The van der Waals surface area contributed by atoms with Crippen LogP contribution < -0.4 is 9.64 Å². The van der Waals surface area contributed by atoms with Gasteiger partial charge in [0.15, 0.2) is 0 Å². The summed E-state index contributed by atoms with van der Waals surface area (Å²) in [5.74, 6) is 2.35. The molecule has 28 heavy (non-hydrogen) atoms. The normalized spacial score (nSPS) is 15.4. The molecule has 144 valence electrons. The number of nitrogens with zero attached hydrogens (tertiary/aromatic N) is 2. The van der Waals surface area contributed by atoms with Gasteiger partial charge in [-0.05, 0) is 62.2 Å². The number of anilines is 1. The Morgan fingerprint density at radius 3 is 2.64 bits per heavy atom. The summed E-state index contributed by atoms with van der Waals surface area (Å²) >= 11 is 6.37. The first-order chi connectivity index (χ1) is 13.6. The summed E-state index contributed by atoms with van der Waals surface area (Å²) in [5.41, 5.74) is 4.92. The number of fused-ring (bicyclic) bond motifs is 1. The van der Waals surface area contributed by atoms with Crippen molar-refractivity contribution in [1.82, 2.24) is 4.98 Å². The average molecular weight is 393 g/mol. The third-order valence-electron chi connectivity index (χ3n) is 5.66. The number of para-hydroxylation sites is 1. The van der Waals surface area contributed by atoms with Crippen LogP contribution in [0.3, 0.4) is 0 Å². The van der Waals surface area contributed by atoms with Crippen molar-refractivity contribution in [3.8, 4) is 5.75 Å². The molecule has 1 aliphatic heterocycles. The zero-order valence-electron chi connectivity index (χ0n) is 16.6. The van der Waals surface area contributed by atoms with Gasteiger partial charge < -0.3 is 9.64 Å².